The smallest absolute Gasteiger partial charge is 0.227 e. The van der Waals surface area contributed by atoms with Gasteiger partial charge in [-0.05, 0) is 25.5 Å². The molecule has 0 unspecified atom stereocenters. The average Bonchev–Trinajstić information content (AvgIpc) is 2.43. The van der Waals surface area contributed by atoms with Gasteiger partial charge in [-0.1, -0.05) is 6.92 Å². The van der Waals surface area contributed by atoms with E-state index in [0.29, 0.717) is 11.5 Å². The van der Waals surface area contributed by atoms with Crippen molar-refractivity contribution in [2.45, 2.75) is 20.3 Å². The molecule has 106 valence electrons. The zero-order valence-corrected chi connectivity index (χ0v) is 11.3. The standard InChI is InChI=1S/C14H15F2N3O/c1-3-6-17-14-18-8-9(2)13(19-14)20-12-7-10(15)4-5-11(12)16/h4-5,7-8H,3,6H2,1-2H3,(H,17,18,19). The molecule has 2 aromatic rings. The molecule has 6 heteroatoms. The maximum absolute atomic E-state index is 13.5. The number of benzene rings is 1. The van der Waals surface area contributed by atoms with E-state index < -0.39 is 11.6 Å². The molecule has 20 heavy (non-hydrogen) atoms. The van der Waals surface area contributed by atoms with Gasteiger partial charge in [-0.3, -0.25) is 0 Å². The molecule has 0 aliphatic rings. The Morgan fingerprint density at radius 3 is 2.85 bits per heavy atom. The maximum Gasteiger partial charge on any atom is 0.227 e. The summed E-state index contributed by atoms with van der Waals surface area (Å²) in [6, 6.07) is 3.02. The van der Waals surface area contributed by atoms with Gasteiger partial charge in [0, 0.05) is 24.4 Å². The minimum Gasteiger partial charge on any atom is -0.435 e. The number of hydrogen-bond donors (Lipinski definition) is 1. The molecular weight excluding hydrogens is 264 g/mol. The molecule has 0 atom stereocenters. The van der Waals surface area contributed by atoms with Crippen LogP contribution in [0.3, 0.4) is 0 Å². The molecule has 0 amide bonds. The van der Waals surface area contributed by atoms with Crippen LogP contribution in [0, 0.1) is 18.6 Å². The van der Waals surface area contributed by atoms with Gasteiger partial charge in [-0.15, -0.1) is 0 Å². The van der Waals surface area contributed by atoms with Gasteiger partial charge in [-0.25, -0.2) is 13.8 Å². The third-order valence-electron chi connectivity index (χ3n) is 2.56. The van der Waals surface area contributed by atoms with E-state index in [1.165, 1.54) is 0 Å². The molecule has 0 aliphatic heterocycles. The molecule has 1 aromatic carbocycles. The first kappa shape index (κ1) is 14.2. The van der Waals surface area contributed by atoms with Gasteiger partial charge < -0.3 is 10.1 Å². The summed E-state index contributed by atoms with van der Waals surface area (Å²) in [4.78, 5) is 8.23. The second-order valence-corrected chi connectivity index (χ2v) is 4.29. The summed E-state index contributed by atoms with van der Waals surface area (Å²) >= 11 is 0. The first-order chi connectivity index (χ1) is 9.60. The number of halogens is 2. The Kier molecular flexibility index (Phi) is 4.45. The zero-order chi connectivity index (χ0) is 14.5. The number of rotatable bonds is 5. The lowest BCUT2D eigenvalue weighted by atomic mass is 10.3. The lowest BCUT2D eigenvalue weighted by Crippen LogP contribution is -2.05. The molecule has 4 nitrogen and oxygen atoms in total. The van der Waals surface area contributed by atoms with Crippen LogP contribution >= 0.6 is 0 Å². The molecule has 0 saturated carbocycles. The molecule has 0 fully saturated rings. The monoisotopic (exact) mass is 279 g/mol. The third-order valence-corrected chi connectivity index (χ3v) is 2.56. The third kappa shape index (κ3) is 3.40. The largest absolute Gasteiger partial charge is 0.435 e. The van der Waals surface area contributed by atoms with Crippen LogP contribution in [0.2, 0.25) is 0 Å². The van der Waals surface area contributed by atoms with E-state index in [0.717, 1.165) is 31.2 Å². The Morgan fingerprint density at radius 1 is 1.30 bits per heavy atom. The summed E-state index contributed by atoms with van der Waals surface area (Å²) in [6.45, 7) is 4.47. The van der Waals surface area contributed by atoms with Gasteiger partial charge >= 0.3 is 0 Å². The number of nitrogens with zero attached hydrogens (tertiary/aromatic N) is 2. The van der Waals surface area contributed by atoms with E-state index in [1.807, 2.05) is 6.92 Å². The van der Waals surface area contributed by atoms with Crippen molar-refractivity contribution in [3.05, 3.63) is 41.6 Å². The van der Waals surface area contributed by atoms with Gasteiger partial charge in [0.25, 0.3) is 0 Å². The molecule has 0 aliphatic carbocycles. The maximum atomic E-state index is 13.5. The molecular formula is C14H15F2N3O. The summed E-state index contributed by atoms with van der Waals surface area (Å²) in [5.41, 5.74) is 0.635. The highest BCUT2D eigenvalue weighted by atomic mass is 19.1. The Bertz CT molecular complexity index is 605. The number of hydrogen-bond acceptors (Lipinski definition) is 4. The molecule has 2 rings (SSSR count). The van der Waals surface area contributed by atoms with Crippen LogP contribution in [-0.2, 0) is 0 Å². The highest BCUT2D eigenvalue weighted by Crippen LogP contribution is 2.26. The molecule has 0 saturated heterocycles. The summed E-state index contributed by atoms with van der Waals surface area (Å²) < 4.78 is 32.0. The number of ether oxygens (including phenoxy) is 1. The summed E-state index contributed by atoms with van der Waals surface area (Å²) in [5.74, 6) is -0.828. The molecule has 0 spiro atoms. The van der Waals surface area contributed by atoms with Crippen LogP contribution in [0.25, 0.3) is 0 Å². The fourth-order valence-electron chi connectivity index (χ4n) is 1.51. The molecule has 1 heterocycles. The predicted octanol–water partition coefficient (Wildman–Crippen LogP) is 3.68. The quantitative estimate of drug-likeness (QED) is 0.907. The van der Waals surface area contributed by atoms with Gasteiger partial charge in [0.1, 0.15) is 5.82 Å². The van der Waals surface area contributed by atoms with E-state index in [9.17, 15) is 8.78 Å². The SMILES string of the molecule is CCCNc1ncc(C)c(Oc2cc(F)ccc2F)n1. The summed E-state index contributed by atoms with van der Waals surface area (Å²) in [7, 11) is 0. The van der Waals surface area contributed by atoms with Crippen molar-refractivity contribution in [2.24, 2.45) is 0 Å². The van der Waals surface area contributed by atoms with Crippen LogP contribution in [0.1, 0.15) is 18.9 Å². The highest BCUT2D eigenvalue weighted by molar-refractivity contribution is 5.36. The second kappa shape index (κ2) is 6.27. The van der Waals surface area contributed by atoms with Gasteiger partial charge in [0.05, 0.1) is 0 Å². The molecule has 1 N–H and O–H groups in total. The number of nitrogens with one attached hydrogen (secondary N) is 1. The van der Waals surface area contributed by atoms with E-state index in [1.54, 1.807) is 13.1 Å². The molecule has 0 bridgehead atoms. The van der Waals surface area contributed by atoms with Crippen molar-refractivity contribution in [2.75, 3.05) is 11.9 Å². The minimum absolute atomic E-state index is 0.197. The van der Waals surface area contributed by atoms with E-state index in [-0.39, 0.29) is 11.6 Å². The lowest BCUT2D eigenvalue weighted by Gasteiger charge is -2.10. The van der Waals surface area contributed by atoms with Crippen molar-refractivity contribution in [1.82, 2.24) is 9.97 Å². The summed E-state index contributed by atoms with van der Waals surface area (Å²) in [6.07, 6.45) is 2.49. The number of anilines is 1. The van der Waals surface area contributed by atoms with Crippen molar-refractivity contribution in [3.63, 3.8) is 0 Å². The first-order valence-electron chi connectivity index (χ1n) is 6.30. The van der Waals surface area contributed by atoms with Crippen molar-refractivity contribution < 1.29 is 13.5 Å². The second-order valence-electron chi connectivity index (χ2n) is 4.29. The Labute approximate surface area is 115 Å². The molecule has 1 aromatic heterocycles. The van der Waals surface area contributed by atoms with Gasteiger partial charge in [0.2, 0.25) is 11.8 Å². The van der Waals surface area contributed by atoms with Crippen LogP contribution in [0.15, 0.2) is 24.4 Å². The Balaban J connectivity index is 2.25. The van der Waals surface area contributed by atoms with E-state index >= 15 is 0 Å². The predicted molar refractivity (Wildman–Crippen MR) is 72.0 cm³/mol. The number of aromatic nitrogens is 2. The van der Waals surface area contributed by atoms with Crippen LogP contribution in [0.5, 0.6) is 11.6 Å². The number of aryl methyl sites for hydroxylation is 1. The normalized spacial score (nSPS) is 10.4. The van der Waals surface area contributed by atoms with E-state index in [2.05, 4.69) is 15.3 Å². The fraction of sp³-hybridized carbons (Fsp3) is 0.286. The zero-order valence-electron chi connectivity index (χ0n) is 11.3. The first-order valence-corrected chi connectivity index (χ1v) is 6.30. The molecule has 0 radical (unpaired) electrons. The average molecular weight is 279 g/mol. The van der Waals surface area contributed by atoms with Crippen LogP contribution in [-0.4, -0.2) is 16.5 Å². The Morgan fingerprint density at radius 2 is 2.10 bits per heavy atom. The fourth-order valence-corrected chi connectivity index (χ4v) is 1.51. The van der Waals surface area contributed by atoms with Crippen molar-refractivity contribution >= 4 is 5.95 Å². The van der Waals surface area contributed by atoms with Crippen LogP contribution < -0.4 is 10.1 Å². The topological polar surface area (TPSA) is 47.0 Å². The van der Waals surface area contributed by atoms with Gasteiger partial charge in [0.15, 0.2) is 11.6 Å². The van der Waals surface area contributed by atoms with Gasteiger partial charge in [-0.2, -0.15) is 4.98 Å². The van der Waals surface area contributed by atoms with Crippen molar-refractivity contribution in [1.29, 1.82) is 0 Å². The summed E-state index contributed by atoms with van der Waals surface area (Å²) in [5, 5.41) is 3.00. The Hall–Kier alpha value is -2.24. The van der Waals surface area contributed by atoms with E-state index in [4.69, 9.17) is 4.74 Å². The highest BCUT2D eigenvalue weighted by Gasteiger charge is 2.10. The lowest BCUT2D eigenvalue weighted by molar-refractivity contribution is 0.419. The van der Waals surface area contributed by atoms with Crippen molar-refractivity contribution in [3.8, 4) is 11.6 Å². The minimum atomic E-state index is -0.646. The van der Waals surface area contributed by atoms with Crippen LogP contribution in [0.4, 0.5) is 14.7 Å².